The first kappa shape index (κ1) is 11.6. The molecule has 0 atom stereocenters. The van der Waals surface area contributed by atoms with Gasteiger partial charge in [0.25, 0.3) is 0 Å². The molecule has 0 radical (unpaired) electrons. The van der Waals surface area contributed by atoms with Gasteiger partial charge in [0, 0.05) is 4.47 Å². The topological polar surface area (TPSA) is 50.4 Å². The molecule has 1 fully saturated rings. The summed E-state index contributed by atoms with van der Waals surface area (Å²) in [6.07, 6.45) is 0. The Hall–Kier alpha value is -0.910. The standard InChI is InChI=1S/C11H13BrN2O2/c12-9-3-1-2-4-10(9)14-11(15)5-13-8-6-16-7-8/h1-4,8,13H,5-7H2,(H,14,15). The molecule has 1 heterocycles. The van der Waals surface area contributed by atoms with Crippen LogP contribution in [0.1, 0.15) is 0 Å². The average Bonchev–Trinajstić information content (AvgIpc) is 2.19. The van der Waals surface area contributed by atoms with Crippen LogP contribution >= 0.6 is 15.9 Å². The quantitative estimate of drug-likeness (QED) is 0.878. The third-order valence-electron chi connectivity index (χ3n) is 2.34. The Morgan fingerprint density at radius 2 is 2.19 bits per heavy atom. The number of amides is 1. The molecule has 2 rings (SSSR count). The molecule has 2 N–H and O–H groups in total. The summed E-state index contributed by atoms with van der Waals surface area (Å²) in [5, 5.41) is 5.93. The van der Waals surface area contributed by atoms with Crippen molar-refractivity contribution in [3.8, 4) is 0 Å². The summed E-state index contributed by atoms with van der Waals surface area (Å²) in [4.78, 5) is 11.6. The second-order valence-corrected chi connectivity index (χ2v) is 4.50. The Bertz CT molecular complexity index is 380. The number of anilines is 1. The Morgan fingerprint density at radius 1 is 1.44 bits per heavy atom. The van der Waals surface area contributed by atoms with Gasteiger partial charge in [-0.05, 0) is 28.1 Å². The van der Waals surface area contributed by atoms with E-state index in [9.17, 15) is 4.79 Å². The molecule has 4 nitrogen and oxygen atoms in total. The maximum atomic E-state index is 11.6. The van der Waals surface area contributed by atoms with E-state index in [0.29, 0.717) is 25.8 Å². The number of carbonyl (C=O) groups excluding carboxylic acids is 1. The number of carbonyl (C=O) groups is 1. The number of nitrogens with one attached hydrogen (secondary N) is 2. The predicted molar refractivity (Wildman–Crippen MR) is 65.4 cm³/mol. The van der Waals surface area contributed by atoms with Gasteiger partial charge < -0.3 is 15.4 Å². The van der Waals surface area contributed by atoms with E-state index < -0.39 is 0 Å². The van der Waals surface area contributed by atoms with Crippen LogP contribution in [0.3, 0.4) is 0 Å². The second kappa shape index (κ2) is 5.43. The van der Waals surface area contributed by atoms with E-state index in [-0.39, 0.29) is 5.91 Å². The van der Waals surface area contributed by atoms with Crippen molar-refractivity contribution in [2.45, 2.75) is 6.04 Å². The van der Waals surface area contributed by atoms with Crippen molar-refractivity contribution in [3.05, 3.63) is 28.7 Å². The molecule has 5 heteroatoms. The van der Waals surface area contributed by atoms with Crippen molar-refractivity contribution < 1.29 is 9.53 Å². The van der Waals surface area contributed by atoms with E-state index in [1.54, 1.807) is 0 Å². The number of hydrogen-bond acceptors (Lipinski definition) is 3. The lowest BCUT2D eigenvalue weighted by Crippen LogP contribution is -2.48. The summed E-state index contributed by atoms with van der Waals surface area (Å²) >= 11 is 3.37. The third-order valence-corrected chi connectivity index (χ3v) is 3.03. The fourth-order valence-corrected chi connectivity index (χ4v) is 1.73. The summed E-state index contributed by atoms with van der Waals surface area (Å²) < 4.78 is 5.89. The van der Waals surface area contributed by atoms with E-state index in [1.165, 1.54) is 0 Å². The number of ether oxygens (including phenoxy) is 1. The van der Waals surface area contributed by atoms with Crippen LogP contribution in [-0.4, -0.2) is 31.7 Å². The molecule has 1 aliphatic heterocycles. The monoisotopic (exact) mass is 284 g/mol. The highest BCUT2D eigenvalue weighted by Crippen LogP contribution is 2.20. The van der Waals surface area contributed by atoms with Crippen LogP contribution in [0.5, 0.6) is 0 Å². The van der Waals surface area contributed by atoms with E-state index in [0.717, 1.165) is 10.2 Å². The van der Waals surface area contributed by atoms with Crippen LogP contribution in [0.15, 0.2) is 28.7 Å². The smallest absolute Gasteiger partial charge is 0.238 e. The van der Waals surface area contributed by atoms with Crippen LogP contribution in [-0.2, 0) is 9.53 Å². The highest BCUT2D eigenvalue weighted by molar-refractivity contribution is 9.10. The molecule has 1 aromatic carbocycles. The van der Waals surface area contributed by atoms with Crippen molar-refractivity contribution in [2.24, 2.45) is 0 Å². The molecular formula is C11H13BrN2O2. The molecule has 0 aliphatic carbocycles. The Kier molecular flexibility index (Phi) is 3.93. The number of hydrogen-bond donors (Lipinski definition) is 2. The molecule has 0 spiro atoms. The SMILES string of the molecule is O=C(CNC1COC1)Nc1ccccc1Br. The van der Waals surface area contributed by atoms with Gasteiger partial charge in [-0.3, -0.25) is 4.79 Å². The van der Waals surface area contributed by atoms with Crippen molar-refractivity contribution >= 4 is 27.5 Å². The summed E-state index contributed by atoms with van der Waals surface area (Å²) in [5.41, 5.74) is 0.791. The molecule has 16 heavy (non-hydrogen) atoms. The van der Waals surface area contributed by atoms with E-state index in [4.69, 9.17) is 4.74 Å². The zero-order valence-electron chi connectivity index (χ0n) is 8.70. The predicted octanol–water partition coefficient (Wildman–Crippen LogP) is 1.38. The second-order valence-electron chi connectivity index (χ2n) is 3.64. The third kappa shape index (κ3) is 3.04. The lowest BCUT2D eigenvalue weighted by Gasteiger charge is -2.26. The molecule has 86 valence electrons. The zero-order valence-corrected chi connectivity index (χ0v) is 10.3. The molecule has 1 amide bonds. The van der Waals surface area contributed by atoms with Crippen LogP contribution in [0.2, 0.25) is 0 Å². The Labute approximate surface area is 102 Å². The van der Waals surface area contributed by atoms with E-state index >= 15 is 0 Å². The van der Waals surface area contributed by atoms with Crippen molar-refractivity contribution in [1.29, 1.82) is 0 Å². The molecule has 0 bridgehead atoms. The molecule has 0 aromatic heterocycles. The molecule has 1 aromatic rings. The molecule has 1 saturated heterocycles. The number of halogens is 1. The van der Waals surface area contributed by atoms with Gasteiger partial charge in [-0.15, -0.1) is 0 Å². The Morgan fingerprint density at radius 3 is 2.81 bits per heavy atom. The lowest BCUT2D eigenvalue weighted by molar-refractivity contribution is -0.116. The first-order valence-corrected chi connectivity index (χ1v) is 5.90. The Balaban J connectivity index is 1.80. The van der Waals surface area contributed by atoms with Crippen LogP contribution in [0.25, 0.3) is 0 Å². The largest absolute Gasteiger partial charge is 0.378 e. The molecular weight excluding hydrogens is 272 g/mol. The minimum atomic E-state index is -0.0428. The van der Waals surface area contributed by atoms with Crippen LogP contribution < -0.4 is 10.6 Å². The van der Waals surface area contributed by atoms with Gasteiger partial charge in [0.05, 0.1) is 31.5 Å². The van der Waals surface area contributed by atoms with Gasteiger partial charge in [-0.25, -0.2) is 0 Å². The van der Waals surface area contributed by atoms with E-state index in [1.807, 2.05) is 24.3 Å². The highest BCUT2D eigenvalue weighted by atomic mass is 79.9. The zero-order chi connectivity index (χ0) is 11.4. The minimum absolute atomic E-state index is 0.0428. The summed E-state index contributed by atoms with van der Waals surface area (Å²) in [6, 6.07) is 7.86. The van der Waals surface area contributed by atoms with Crippen LogP contribution in [0, 0.1) is 0 Å². The van der Waals surface area contributed by atoms with Gasteiger partial charge in [0.1, 0.15) is 0 Å². The van der Waals surface area contributed by atoms with Gasteiger partial charge >= 0.3 is 0 Å². The normalized spacial score (nSPS) is 15.6. The highest BCUT2D eigenvalue weighted by Gasteiger charge is 2.18. The number of para-hydroxylation sites is 1. The number of benzene rings is 1. The maximum absolute atomic E-state index is 11.6. The fraction of sp³-hybridized carbons (Fsp3) is 0.364. The van der Waals surface area contributed by atoms with Gasteiger partial charge in [-0.2, -0.15) is 0 Å². The molecule has 1 aliphatic rings. The van der Waals surface area contributed by atoms with Crippen molar-refractivity contribution in [1.82, 2.24) is 5.32 Å². The number of rotatable bonds is 4. The fourth-order valence-electron chi connectivity index (χ4n) is 1.35. The lowest BCUT2D eigenvalue weighted by atomic mass is 10.2. The van der Waals surface area contributed by atoms with Crippen molar-refractivity contribution in [3.63, 3.8) is 0 Å². The molecule has 0 saturated carbocycles. The molecule has 0 unspecified atom stereocenters. The van der Waals surface area contributed by atoms with Crippen molar-refractivity contribution in [2.75, 3.05) is 25.1 Å². The maximum Gasteiger partial charge on any atom is 0.238 e. The summed E-state index contributed by atoms with van der Waals surface area (Å²) in [5.74, 6) is -0.0428. The van der Waals surface area contributed by atoms with E-state index in [2.05, 4.69) is 26.6 Å². The first-order chi connectivity index (χ1) is 7.75. The summed E-state index contributed by atoms with van der Waals surface area (Å²) in [6.45, 7) is 1.71. The summed E-state index contributed by atoms with van der Waals surface area (Å²) in [7, 11) is 0. The van der Waals surface area contributed by atoms with Gasteiger partial charge in [0.15, 0.2) is 0 Å². The first-order valence-electron chi connectivity index (χ1n) is 5.11. The van der Waals surface area contributed by atoms with Gasteiger partial charge in [0.2, 0.25) is 5.91 Å². The minimum Gasteiger partial charge on any atom is -0.378 e. The average molecular weight is 285 g/mol. The van der Waals surface area contributed by atoms with Gasteiger partial charge in [-0.1, -0.05) is 12.1 Å². The van der Waals surface area contributed by atoms with Crippen LogP contribution in [0.4, 0.5) is 5.69 Å².